The van der Waals surface area contributed by atoms with Gasteiger partial charge in [-0.2, -0.15) is 0 Å². The molecular weight excluding hydrogens is 380 g/mol. The molecule has 3 rings (SSSR count). The van der Waals surface area contributed by atoms with Crippen LogP contribution in [0.25, 0.3) is 0 Å². The molecular formula is C22H20N6O2. The number of hydrogen-bond acceptors (Lipinski definition) is 4. The van der Waals surface area contributed by atoms with Crippen molar-refractivity contribution in [2.45, 2.75) is 0 Å². The van der Waals surface area contributed by atoms with Crippen LogP contribution in [-0.4, -0.2) is 23.5 Å². The molecule has 0 aliphatic carbocycles. The normalized spacial score (nSPS) is 10.1. The number of nitrogens with one attached hydrogen (secondary N) is 4. The van der Waals surface area contributed by atoms with E-state index in [-0.39, 0.29) is 23.5 Å². The van der Waals surface area contributed by atoms with Crippen molar-refractivity contribution in [2.24, 2.45) is 11.5 Å². The molecule has 0 aromatic heterocycles. The Morgan fingerprint density at radius 1 is 0.600 bits per heavy atom. The molecule has 3 aromatic carbocycles. The number of rotatable bonds is 6. The fourth-order valence-corrected chi connectivity index (χ4v) is 2.71. The van der Waals surface area contributed by atoms with E-state index in [9.17, 15) is 9.59 Å². The third-order valence-electron chi connectivity index (χ3n) is 4.27. The molecule has 0 spiro atoms. The van der Waals surface area contributed by atoms with Crippen LogP contribution in [0.3, 0.4) is 0 Å². The maximum absolute atomic E-state index is 12.4. The molecule has 30 heavy (non-hydrogen) atoms. The second kappa shape index (κ2) is 8.70. The van der Waals surface area contributed by atoms with E-state index >= 15 is 0 Å². The van der Waals surface area contributed by atoms with Crippen LogP contribution in [0.4, 0.5) is 11.4 Å². The van der Waals surface area contributed by atoms with Gasteiger partial charge >= 0.3 is 0 Å². The van der Waals surface area contributed by atoms with Crippen molar-refractivity contribution in [1.82, 2.24) is 0 Å². The molecule has 150 valence electrons. The topological polar surface area (TPSA) is 158 Å². The Labute approximate surface area is 172 Å². The van der Waals surface area contributed by atoms with Gasteiger partial charge in [0.05, 0.1) is 0 Å². The number of amides is 2. The highest BCUT2D eigenvalue weighted by atomic mass is 16.2. The summed E-state index contributed by atoms with van der Waals surface area (Å²) in [5.41, 5.74) is 13.7. The smallest absolute Gasteiger partial charge is 0.255 e. The van der Waals surface area contributed by atoms with Crippen molar-refractivity contribution in [3.05, 3.63) is 95.1 Å². The molecule has 2 amide bonds. The first-order valence-corrected chi connectivity index (χ1v) is 8.95. The maximum Gasteiger partial charge on any atom is 0.255 e. The number of benzene rings is 3. The molecule has 3 aromatic rings. The van der Waals surface area contributed by atoms with Gasteiger partial charge in [-0.05, 0) is 48.5 Å². The summed E-state index contributed by atoms with van der Waals surface area (Å²) in [4.78, 5) is 24.9. The molecule has 0 aliphatic heterocycles. The molecule has 8 N–H and O–H groups in total. The predicted molar refractivity (Wildman–Crippen MR) is 117 cm³/mol. The van der Waals surface area contributed by atoms with E-state index in [1.165, 1.54) is 0 Å². The minimum Gasteiger partial charge on any atom is -0.384 e. The molecule has 8 heteroatoms. The summed E-state index contributed by atoms with van der Waals surface area (Å²) in [6, 6.07) is 19.5. The Morgan fingerprint density at radius 3 is 1.30 bits per heavy atom. The lowest BCUT2D eigenvalue weighted by Gasteiger charge is -2.09. The van der Waals surface area contributed by atoms with Crippen molar-refractivity contribution in [1.29, 1.82) is 10.8 Å². The Hall–Kier alpha value is -4.46. The van der Waals surface area contributed by atoms with Gasteiger partial charge in [0.1, 0.15) is 11.7 Å². The summed E-state index contributed by atoms with van der Waals surface area (Å²) in [5.74, 6) is -0.876. The van der Waals surface area contributed by atoms with Crippen LogP contribution in [0.1, 0.15) is 31.8 Å². The number of amidine groups is 2. The summed E-state index contributed by atoms with van der Waals surface area (Å²) in [6.07, 6.45) is 0. The number of carbonyl (C=O) groups excluding carboxylic acids is 2. The third kappa shape index (κ3) is 4.87. The van der Waals surface area contributed by atoms with Crippen LogP contribution in [0.15, 0.2) is 72.8 Å². The molecule has 0 unspecified atom stereocenters. The van der Waals surface area contributed by atoms with E-state index < -0.39 is 0 Å². The number of nitrogen functional groups attached to an aromatic ring is 2. The average Bonchev–Trinajstić information content (AvgIpc) is 2.74. The minimum atomic E-state index is -0.350. The summed E-state index contributed by atoms with van der Waals surface area (Å²) in [5, 5.41) is 20.4. The van der Waals surface area contributed by atoms with Gasteiger partial charge < -0.3 is 22.1 Å². The highest BCUT2D eigenvalue weighted by molar-refractivity contribution is 6.08. The van der Waals surface area contributed by atoms with Crippen LogP contribution in [0.2, 0.25) is 0 Å². The van der Waals surface area contributed by atoms with Crippen molar-refractivity contribution in [2.75, 3.05) is 10.6 Å². The van der Waals surface area contributed by atoms with E-state index in [1.807, 2.05) is 0 Å². The van der Waals surface area contributed by atoms with E-state index in [1.54, 1.807) is 72.8 Å². The van der Waals surface area contributed by atoms with Crippen LogP contribution in [-0.2, 0) is 0 Å². The van der Waals surface area contributed by atoms with E-state index in [0.717, 1.165) is 0 Å². The van der Waals surface area contributed by atoms with Crippen molar-refractivity contribution >= 4 is 34.9 Å². The number of anilines is 2. The average molecular weight is 400 g/mol. The van der Waals surface area contributed by atoms with E-state index in [2.05, 4.69) is 10.6 Å². The lowest BCUT2D eigenvalue weighted by molar-refractivity contribution is 0.101. The molecule has 0 aliphatic rings. The highest BCUT2D eigenvalue weighted by Crippen LogP contribution is 2.15. The zero-order valence-corrected chi connectivity index (χ0v) is 15.9. The quantitative estimate of drug-likeness (QED) is 0.278. The fraction of sp³-hybridized carbons (Fsp3) is 0. The lowest BCUT2D eigenvalue weighted by atomic mass is 10.1. The second-order valence-corrected chi connectivity index (χ2v) is 6.47. The molecule has 8 nitrogen and oxygen atoms in total. The fourth-order valence-electron chi connectivity index (χ4n) is 2.71. The summed E-state index contributed by atoms with van der Waals surface area (Å²) in [7, 11) is 0. The molecule has 0 fully saturated rings. The summed E-state index contributed by atoms with van der Waals surface area (Å²) in [6.45, 7) is 0. The predicted octanol–water partition coefficient (Wildman–Crippen LogP) is 2.76. The van der Waals surface area contributed by atoms with Crippen LogP contribution in [0.5, 0.6) is 0 Å². The Kier molecular flexibility index (Phi) is 5.88. The number of nitrogens with two attached hydrogens (primary N) is 2. The van der Waals surface area contributed by atoms with Gasteiger partial charge in [-0.25, -0.2) is 0 Å². The van der Waals surface area contributed by atoms with Gasteiger partial charge in [-0.15, -0.1) is 0 Å². The molecule has 0 bridgehead atoms. The molecule has 0 radical (unpaired) electrons. The number of carbonyl (C=O) groups is 2. The lowest BCUT2D eigenvalue weighted by Crippen LogP contribution is -2.16. The van der Waals surface area contributed by atoms with Crippen molar-refractivity contribution < 1.29 is 9.59 Å². The molecule has 0 heterocycles. The van der Waals surface area contributed by atoms with E-state index in [4.69, 9.17) is 22.3 Å². The second-order valence-electron chi connectivity index (χ2n) is 6.47. The van der Waals surface area contributed by atoms with Crippen LogP contribution < -0.4 is 22.1 Å². The maximum atomic E-state index is 12.4. The van der Waals surface area contributed by atoms with Gasteiger partial charge in [0.15, 0.2) is 0 Å². The largest absolute Gasteiger partial charge is 0.384 e. The minimum absolute atomic E-state index is 0.0877. The van der Waals surface area contributed by atoms with Crippen molar-refractivity contribution in [3.63, 3.8) is 0 Å². The summed E-state index contributed by atoms with van der Waals surface area (Å²) < 4.78 is 0. The first-order chi connectivity index (χ1) is 14.3. The van der Waals surface area contributed by atoms with Gasteiger partial charge in [0.25, 0.3) is 11.8 Å². The van der Waals surface area contributed by atoms with Gasteiger partial charge in [-0.3, -0.25) is 20.4 Å². The van der Waals surface area contributed by atoms with Crippen LogP contribution >= 0.6 is 0 Å². The number of hydrogen-bond donors (Lipinski definition) is 6. The van der Waals surface area contributed by atoms with Gasteiger partial charge in [-0.1, -0.05) is 24.3 Å². The SMILES string of the molecule is N=C(N)c1cccc(NC(=O)c2ccc(C(=O)Nc3cccc(C(=N)N)c3)cc2)c1. The first kappa shape index (κ1) is 20.3. The molecule has 0 saturated carbocycles. The van der Waals surface area contributed by atoms with Gasteiger partial charge in [0.2, 0.25) is 0 Å². The molecule has 0 saturated heterocycles. The zero-order chi connectivity index (χ0) is 21.7. The van der Waals surface area contributed by atoms with Crippen molar-refractivity contribution in [3.8, 4) is 0 Å². The standard InChI is InChI=1S/C22H20N6O2/c23-19(24)15-3-1-5-17(11-15)27-21(29)13-7-9-14(10-8-13)22(30)28-18-6-2-4-16(12-18)20(25)26/h1-12H,(H3,23,24)(H3,25,26)(H,27,29)(H,28,30). The summed E-state index contributed by atoms with van der Waals surface area (Å²) >= 11 is 0. The Balaban J connectivity index is 1.68. The first-order valence-electron chi connectivity index (χ1n) is 8.95. The van der Waals surface area contributed by atoms with Gasteiger partial charge in [0, 0.05) is 33.6 Å². The Morgan fingerprint density at radius 2 is 0.967 bits per heavy atom. The monoisotopic (exact) mass is 400 g/mol. The zero-order valence-electron chi connectivity index (χ0n) is 15.9. The third-order valence-corrected chi connectivity index (χ3v) is 4.27. The highest BCUT2D eigenvalue weighted by Gasteiger charge is 2.11. The van der Waals surface area contributed by atoms with E-state index in [0.29, 0.717) is 33.6 Å². The molecule has 0 atom stereocenters. The Bertz CT molecular complexity index is 1050. The van der Waals surface area contributed by atoms with Crippen LogP contribution in [0, 0.1) is 10.8 Å².